The Morgan fingerprint density at radius 2 is 2.09 bits per heavy atom. The van der Waals surface area contributed by atoms with Crippen LogP contribution < -0.4 is 9.46 Å². The Morgan fingerprint density at radius 1 is 1.39 bits per heavy atom. The van der Waals surface area contributed by atoms with Crippen molar-refractivity contribution in [3.8, 4) is 11.6 Å². The van der Waals surface area contributed by atoms with E-state index in [-0.39, 0.29) is 17.3 Å². The van der Waals surface area contributed by atoms with Gasteiger partial charge in [0, 0.05) is 35.3 Å². The number of anilines is 1. The lowest BCUT2D eigenvalue weighted by Gasteiger charge is -2.29. The van der Waals surface area contributed by atoms with Crippen molar-refractivity contribution in [3.05, 3.63) is 45.0 Å². The molecule has 3 rings (SSSR count). The number of nitrogens with one attached hydrogen (secondary N) is 1. The third-order valence-corrected chi connectivity index (χ3v) is 6.85. The first-order valence-corrected chi connectivity index (χ1v) is 13.3. The van der Waals surface area contributed by atoms with Gasteiger partial charge in [-0.3, -0.25) is 4.72 Å². The van der Waals surface area contributed by atoms with Crippen molar-refractivity contribution in [1.82, 2.24) is 9.88 Å². The predicted octanol–water partition coefficient (Wildman–Crippen LogP) is 3.27. The number of methoxy groups -OCH3 is 1. The molecule has 33 heavy (non-hydrogen) atoms. The number of aromatic nitrogens is 1. The summed E-state index contributed by atoms with van der Waals surface area (Å²) in [6.45, 7) is 8.42. The van der Waals surface area contributed by atoms with Crippen molar-refractivity contribution in [1.29, 1.82) is 0 Å². The standard InChI is InChI=1S/C22H30N4O5S2/c1-6-7-18(26-8-10-31-11-9-26)24-19(21-14(2)20(27)15(3)32-21)16-12-17(25-33(5,28)29)22(30-4)23-13-16/h7,12-13,25,27H,6,8-11H2,1-5H3/b18-7-,24-19-. The molecule has 0 radical (unpaired) electrons. The smallest absolute Gasteiger partial charge is 0.238 e. The van der Waals surface area contributed by atoms with Crippen LogP contribution in [0.5, 0.6) is 11.6 Å². The van der Waals surface area contributed by atoms with E-state index >= 15 is 0 Å². The molecule has 11 heteroatoms. The van der Waals surface area contributed by atoms with Gasteiger partial charge < -0.3 is 19.5 Å². The maximum absolute atomic E-state index is 11.9. The summed E-state index contributed by atoms with van der Waals surface area (Å²) in [5.74, 6) is 1.18. The fourth-order valence-electron chi connectivity index (χ4n) is 3.47. The van der Waals surface area contributed by atoms with Crippen molar-refractivity contribution < 1.29 is 23.0 Å². The van der Waals surface area contributed by atoms with E-state index in [1.165, 1.54) is 18.4 Å². The molecule has 0 amide bonds. The monoisotopic (exact) mass is 494 g/mol. The lowest BCUT2D eigenvalue weighted by Crippen LogP contribution is -2.35. The SMILES string of the molecule is CC/C=C(/N=C(/c1cnc(OC)c(NS(C)(=O)=O)c1)c1sc(C)c(O)c1C)N1CCOCC1. The maximum atomic E-state index is 11.9. The number of nitrogens with zero attached hydrogens (tertiary/aromatic N) is 3. The Hall–Kier alpha value is -2.63. The van der Waals surface area contributed by atoms with E-state index < -0.39 is 10.0 Å². The number of hydrogen-bond donors (Lipinski definition) is 2. The molecule has 180 valence electrons. The second kappa shape index (κ2) is 10.5. The van der Waals surface area contributed by atoms with Crippen molar-refractivity contribution >= 4 is 32.8 Å². The molecule has 2 N–H and O–H groups in total. The van der Waals surface area contributed by atoms with Crippen LogP contribution in [-0.4, -0.2) is 68.8 Å². The van der Waals surface area contributed by atoms with Crippen LogP contribution in [0.25, 0.3) is 0 Å². The van der Waals surface area contributed by atoms with Crippen LogP contribution in [0.2, 0.25) is 0 Å². The first-order valence-electron chi connectivity index (χ1n) is 10.6. The number of morpholine rings is 1. The van der Waals surface area contributed by atoms with E-state index in [4.69, 9.17) is 14.5 Å². The zero-order valence-corrected chi connectivity index (χ0v) is 21.1. The third kappa shape index (κ3) is 6.04. The van der Waals surface area contributed by atoms with Gasteiger partial charge in [-0.15, -0.1) is 11.3 Å². The van der Waals surface area contributed by atoms with Gasteiger partial charge in [0.15, 0.2) is 0 Å². The number of ether oxygens (including phenoxy) is 2. The maximum Gasteiger partial charge on any atom is 0.238 e. The average Bonchev–Trinajstić information content (AvgIpc) is 3.03. The van der Waals surface area contributed by atoms with Gasteiger partial charge in [-0.25, -0.2) is 18.4 Å². The highest BCUT2D eigenvalue weighted by Gasteiger charge is 2.22. The lowest BCUT2D eigenvalue weighted by molar-refractivity contribution is 0.0530. The van der Waals surface area contributed by atoms with E-state index in [2.05, 4.69) is 14.6 Å². The summed E-state index contributed by atoms with van der Waals surface area (Å²) in [6.07, 6.45) is 5.51. The fraction of sp³-hybridized carbons (Fsp3) is 0.455. The minimum atomic E-state index is -3.56. The van der Waals surface area contributed by atoms with Gasteiger partial charge in [0.1, 0.15) is 17.3 Å². The molecule has 1 aliphatic heterocycles. The van der Waals surface area contributed by atoms with Crippen molar-refractivity contribution in [2.75, 3.05) is 44.4 Å². The molecule has 3 heterocycles. The number of sulfonamides is 1. The summed E-state index contributed by atoms with van der Waals surface area (Å²) < 4.78 is 37.0. The summed E-state index contributed by atoms with van der Waals surface area (Å²) in [4.78, 5) is 13.1. The molecule has 9 nitrogen and oxygen atoms in total. The first-order chi connectivity index (χ1) is 15.6. The highest BCUT2D eigenvalue weighted by atomic mass is 32.2. The Morgan fingerprint density at radius 3 is 2.64 bits per heavy atom. The molecule has 1 fully saturated rings. The van der Waals surface area contributed by atoms with Gasteiger partial charge in [-0.1, -0.05) is 6.92 Å². The summed E-state index contributed by atoms with van der Waals surface area (Å²) in [7, 11) is -2.13. The number of aromatic hydroxyl groups is 1. The van der Waals surface area contributed by atoms with Crippen LogP contribution in [-0.2, 0) is 14.8 Å². The quantitative estimate of drug-likeness (QED) is 0.542. The van der Waals surface area contributed by atoms with E-state index in [0.717, 1.165) is 41.3 Å². The summed E-state index contributed by atoms with van der Waals surface area (Å²) in [6, 6.07) is 1.65. The molecule has 0 atom stereocenters. The minimum absolute atomic E-state index is 0.156. The second-order valence-electron chi connectivity index (χ2n) is 7.65. The normalized spacial score (nSPS) is 15.6. The number of aliphatic imine (C=N–C) groups is 1. The van der Waals surface area contributed by atoms with Crippen LogP contribution in [0, 0.1) is 13.8 Å². The van der Waals surface area contributed by atoms with Crippen molar-refractivity contribution in [2.45, 2.75) is 27.2 Å². The molecule has 0 spiro atoms. The Bertz CT molecular complexity index is 1170. The molecule has 0 aromatic carbocycles. The Labute approximate surface area is 198 Å². The molecular weight excluding hydrogens is 464 g/mol. The summed E-state index contributed by atoms with van der Waals surface area (Å²) in [5.41, 5.74) is 2.12. The molecule has 0 bridgehead atoms. The lowest BCUT2D eigenvalue weighted by atomic mass is 10.1. The number of pyridine rings is 1. The third-order valence-electron chi connectivity index (χ3n) is 5.06. The molecule has 2 aromatic rings. The molecular formula is C22H30N4O5S2. The van der Waals surface area contributed by atoms with Crippen molar-refractivity contribution in [2.24, 2.45) is 4.99 Å². The number of rotatable bonds is 8. The number of aryl methyl sites for hydroxylation is 1. The van der Waals surface area contributed by atoms with Crippen LogP contribution in [0.1, 0.15) is 34.2 Å². The largest absolute Gasteiger partial charge is 0.507 e. The number of hydrogen-bond acceptors (Lipinski definition) is 9. The average molecular weight is 495 g/mol. The topological polar surface area (TPSA) is 113 Å². The Kier molecular flexibility index (Phi) is 7.98. The van der Waals surface area contributed by atoms with Gasteiger partial charge in [-0.05, 0) is 32.4 Å². The molecule has 2 aromatic heterocycles. The van der Waals surface area contributed by atoms with Crippen molar-refractivity contribution in [3.63, 3.8) is 0 Å². The van der Waals surface area contributed by atoms with E-state index in [9.17, 15) is 13.5 Å². The highest BCUT2D eigenvalue weighted by molar-refractivity contribution is 7.92. The van der Waals surface area contributed by atoms with E-state index in [1.807, 2.05) is 26.8 Å². The molecule has 1 aliphatic rings. The zero-order chi connectivity index (χ0) is 24.2. The van der Waals surface area contributed by atoms with Gasteiger partial charge in [0.2, 0.25) is 15.9 Å². The van der Waals surface area contributed by atoms with Gasteiger partial charge in [-0.2, -0.15) is 0 Å². The number of allylic oxidation sites excluding steroid dienone is 1. The first kappa shape index (κ1) is 25.0. The number of thiophene rings is 1. The highest BCUT2D eigenvalue weighted by Crippen LogP contribution is 2.36. The molecule has 1 saturated heterocycles. The van der Waals surface area contributed by atoms with E-state index in [1.54, 1.807) is 12.3 Å². The molecule has 0 unspecified atom stereocenters. The van der Waals surface area contributed by atoms with Crippen LogP contribution >= 0.6 is 11.3 Å². The fourth-order valence-corrected chi connectivity index (χ4v) is 5.09. The molecule has 0 aliphatic carbocycles. The minimum Gasteiger partial charge on any atom is -0.507 e. The predicted molar refractivity (Wildman–Crippen MR) is 131 cm³/mol. The van der Waals surface area contributed by atoms with Gasteiger partial charge in [0.25, 0.3) is 0 Å². The van der Waals surface area contributed by atoms with E-state index in [0.29, 0.717) is 30.1 Å². The van der Waals surface area contributed by atoms with Crippen LogP contribution in [0.3, 0.4) is 0 Å². The second-order valence-corrected chi connectivity index (χ2v) is 10.6. The van der Waals surface area contributed by atoms with Gasteiger partial charge >= 0.3 is 0 Å². The van der Waals surface area contributed by atoms with Gasteiger partial charge in [0.05, 0.1) is 37.2 Å². The van der Waals surface area contributed by atoms with Crippen LogP contribution in [0.4, 0.5) is 5.69 Å². The molecule has 0 saturated carbocycles. The summed E-state index contributed by atoms with van der Waals surface area (Å²) >= 11 is 1.43. The van der Waals surface area contributed by atoms with Crippen LogP contribution in [0.15, 0.2) is 29.2 Å². The zero-order valence-electron chi connectivity index (χ0n) is 19.5. The summed E-state index contributed by atoms with van der Waals surface area (Å²) in [5, 5.41) is 10.5. The Balaban J connectivity index is 2.21.